The fourth-order valence-electron chi connectivity index (χ4n) is 3.48. The highest BCUT2D eigenvalue weighted by Gasteiger charge is 2.25. The number of fused-ring (bicyclic) bond motifs is 2. The molecular formula is C22H19N3O2S2. The van der Waals surface area contributed by atoms with Crippen LogP contribution in [0.3, 0.4) is 0 Å². The molecule has 146 valence electrons. The Bertz CT molecular complexity index is 1220. The number of anilines is 2. The Labute approximate surface area is 176 Å². The van der Waals surface area contributed by atoms with Crippen LogP contribution in [0.15, 0.2) is 53.0 Å². The molecule has 2 heterocycles. The molecule has 1 aliphatic rings. The summed E-state index contributed by atoms with van der Waals surface area (Å²) in [5.41, 5.74) is 3.34. The largest absolute Gasteiger partial charge is 0.468 e. The zero-order chi connectivity index (χ0) is 19.8. The minimum Gasteiger partial charge on any atom is -0.468 e. The summed E-state index contributed by atoms with van der Waals surface area (Å²) in [6.07, 6.45) is 2.55. The molecule has 0 bridgehead atoms. The average molecular weight is 422 g/mol. The summed E-state index contributed by atoms with van der Waals surface area (Å²) in [6, 6.07) is 14.9. The van der Waals surface area contributed by atoms with E-state index >= 15 is 0 Å². The van der Waals surface area contributed by atoms with Gasteiger partial charge in [0.1, 0.15) is 0 Å². The van der Waals surface area contributed by atoms with Gasteiger partial charge in [0.2, 0.25) is 0 Å². The van der Waals surface area contributed by atoms with Crippen LogP contribution in [0.1, 0.15) is 24.3 Å². The van der Waals surface area contributed by atoms with Crippen molar-refractivity contribution in [3.63, 3.8) is 0 Å². The number of esters is 1. The van der Waals surface area contributed by atoms with Gasteiger partial charge in [0.25, 0.3) is 0 Å². The van der Waals surface area contributed by atoms with Gasteiger partial charge in [-0.3, -0.25) is 4.79 Å². The molecule has 4 aromatic rings. The number of hydrogen-bond acceptors (Lipinski definition) is 7. The summed E-state index contributed by atoms with van der Waals surface area (Å²) in [4.78, 5) is 20.8. The topological polar surface area (TPSA) is 64.1 Å². The van der Waals surface area contributed by atoms with E-state index in [1.54, 1.807) is 11.3 Å². The second-order valence-electron chi connectivity index (χ2n) is 7.00. The molecule has 1 saturated carbocycles. The molecule has 0 aliphatic heterocycles. The van der Waals surface area contributed by atoms with Crippen LogP contribution in [0.5, 0.6) is 0 Å². The number of aromatic nitrogens is 2. The zero-order valence-corrected chi connectivity index (χ0v) is 17.5. The Morgan fingerprint density at radius 3 is 2.79 bits per heavy atom. The van der Waals surface area contributed by atoms with Crippen LogP contribution in [0, 0.1) is 0 Å². The summed E-state index contributed by atoms with van der Waals surface area (Å²) in [5.74, 6) is 1.35. The van der Waals surface area contributed by atoms with E-state index < -0.39 is 0 Å². The van der Waals surface area contributed by atoms with Crippen LogP contribution in [0.25, 0.3) is 21.0 Å². The van der Waals surface area contributed by atoms with E-state index in [1.807, 2.05) is 11.4 Å². The Morgan fingerprint density at radius 2 is 2.00 bits per heavy atom. The first kappa shape index (κ1) is 18.4. The minimum absolute atomic E-state index is 0.185. The number of rotatable bonds is 6. The molecule has 29 heavy (non-hydrogen) atoms. The summed E-state index contributed by atoms with van der Waals surface area (Å²) >= 11 is 2.89. The van der Waals surface area contributed by atoms with Gasteiger partial charge in [0.15, 0.2) is 11.0 Å². The maximum Gasteiger partial charge on any atom is 0.316 e. The average Bonchev–Trinajstić information content (AvgIpc) is 3.48. The van der Waals surface area contributed by atoms with Gasteiger partial charge in [0, 0.05) is 11.1 Å². The molecule has 1 aliphatic carbocycles. The molecule has 0 unspecified atom stereocenters. The lowest BCUT2D eigenvalue weighted by molar-refractivity contribution is -0.137. The van der Waals surface area contributed by atoms with Crippen molar-refractivity contribution in [1.82, 2.24) is 9.97 Å². The van der Waals surface area contributed by atoms with Crippen LogP contribution >= 0.6 is 23.1 Å². The SMILES string of the molecule is COC(=O)CSc1nc(Nc2ccc(C3CC3)c3ccccc23)c2sccc2n1. The summed E-state index contributed by atoms with van der Waals surface area (Å²) in [6.45, 7) is 0. The van der Waals surface area contributed by atoms with Gasteiger partial charge in [-0.2, -0.15) is 0 Å². The number of benzene rings is 2. The van der Waals surface area contributed by atoms with Gasteiger partial charge in [-0.1, -0.05) is 42.1 Å². The third-order valence-corrected chi connectivity index (χ3v) is 6.79. The molecule has 0 atom stereocenters. The van der Waals surface area contributed by atoms with Crippen LogP contribution in [0.4, 0.5) is 11.5 Å². The highest BCUT2D eigenvalue weighted by Crippen LogP contribution is 2.44. The monoisotopic (exact) mass is 421 g/mol. The lowest BCUT2D eigenvalue weighted by atomic mass is 9.99. The molecule has 2 aromatic carbocycles. The maximum absolute atomic E-state index is 11.5. The molecule has 1 fully saturated rings. The molecule has 2 aromatic heterocycles. The Morgan fingerprint density at radius 1 is 1.17 bits per heavy atom. The molecule has 5 rings (SSSR count). The molecular weight excluding hydrogens is 402 g/mol. The number of nitrogens with one attached hydrogen (secondary N) is 1. The van der Waals surface area contributed by atoms with Crippen LogP contribution in [-0.2, 0) is 9.53 Å². The van der Waals surface area contributed by atoms with Crippen molar-refractivity contribution < 1.29 is 9.53 Å². The van der Waals surface area contributed by atoms with E-state index in [2.05, 4.69) is 46.7 Å². The molecule has 0 radical (unpaired) electrons. The summed E-state index contributed by atoms with van der Waals surface area (Å²) < 4.78 is 5.73. The molecule has 0 spiro atoms. The number of nitrogens with zero attached hydrogens (tertiary/aromatic N) is 2. The first-order valence-corrected chi connectivity index (χ1v) is 11.3. The Hall–Kier alpha value is -2.64. The Kier molecular flexibility index (Phi) is 4.85. The van der Waals surface area contributed by atoms with Crippen molar-refractivity contribution >= 4 is 61.6 Å². The lowest BCUT2D eigenvalue weighted by Crippen LogP contribution is -2.04. The van der Waals surface area contributed by atoms with E-state index in [1.165, 1.54) is 48.0 Å². The zero-order valence-electron chi connectivity index (χ0n) is 15.8. The van der Waals surface area contributed by atoms with E-state index in [0.717, 1.165) is 21.7 Å². The number of thioether (sulfide) groups is 1. The predicted octanol–water partition coefficient (Wildman–Crippen LogP) is 5.73. The van der Waals surface area contributed by atoms with Gasteiger partial charge in [-0.25, -0.2) is 9.97 Å². The second kappa shape index (κ2) is 7.65. The van der Waals surface area contributed by atoms with E-state index in [9.17, 15) is 4.79 Å². The van der Waals surface area contributed by atoms with Gasteiger partial charge in [0.05, 0.1) is 23.1 Å². The smallest absolute Gasteiger partial charge is 0.316 e. The van der Waals surface area contributed by atoms with Crippen molar-refractivity contribution in [1.29, 1.82) is 0 Å². The fraction of sp³-hybridized carbons (Fsp3) is 0.227. The summed E-state index contributed by atoms with van der Waals surface area (Å²) in [5, 5.41) is 8.60. The molecule has 0 amide bonds. The van der Waals surface area contributed by atoms with Crippen LogP contribution in [-0.4, -0.2) is 28.8 Å². The predicted molar refractivity (Wildman–Crippen MR) is 119 cm³/mol. The number of carbonyl (C=O) groups is 1. The molecule has 0 saturated heterocycles. The van der Waals surface area contributed by atoms with Crippen LogP contribution in [0.2, 0.25) is 0 Å². The van der Waals surface area contributed by atoms with Crippen molar-refractivity contribution in [3.8, 4) is 0 Å². The van der Waals surface area contributed by atoms with Crippen LogP contribution < -0.4 is 5.32 Å². The third kappa shape index (κ3) is 3.68. The van der Waals surface area contributed by atoms with Crippen molar-refractivity contribution in [2.45, 2.75) is 23.9 Å². The van der Waals surface area contributed by atoms with Gasteiger partial charge < -0.3 is 10.1 Å². The second-order valence-corrected chi connectivity index (χ2v) is 8.86. The first-order chi connectivity index (χ1) is 14.2. The van der Waals surface area contributed by atoms with E-state index in [0.29, 0.717) is 11.1 Å². The normalized spacial score (nSPS) is 13.7. The quantitative estimate of drug-likeness (QED) is 0.244. The summed E-state index contributed by atoms with van der Waals surface area (Å²) in [7, 11) is 1.38. The van der Waals surface area contributed by atoms with Gasteiger partial charge in [-0.15, -0.1) is 11.3 Å². The maximum atomic E-state index is 11.5. The number of carbonyl (C=O) groups excluding carboxylic acids is 1. The number of hydrogen-bond donors (Lipinski definition) is 1. The first-order valence-electron chi connectivity index (χ1n) is 9.46. The minimum atomic E-state index is -0.291. The van der Waals surface area contributed by atoms with Gasteiger partial charge in [-0.05, 0) is 47.2 Å². The van der Waals surface area contributed by atoms with Crippen molar-refractivity contribution in [2.24, 2.45) is 0 Å². The van der Waals surface area contributed by atoms with E-state index in [-0.39, 0.29) is 11.7 Å². The van der Waals surface area contributed by atoms with Crippen molar-refractivity contribution in [3.05, 3.63) is 53.4 Å². The standard InChI is InChI=1S/C22H19N3O2S2/c1-27-19(26)12-29-22-24-18-10-11-28-20(18)21(25-22)23-17-9-8-14(13-6-7-13)15-4-2-3-5-16(15)17/h2-5,8-11,13H,6-7,12H2,1H3,(H,23,24,25). The lowest BCUT2D eigenvalue weighted by Gasteiger charge is -2.13. The molecule has 5 nitrogen and oxygen atoms in total. The third-order valence-electron chi connectivity index (χ3n) is 5.06. The van der Waals surface area contributed by atoms with E-state index in [4.69, 9.17) is 9.72 Å². The number of methoxy groups -OCH3 is 1. The molecule has 1 N–H and O–H groups in total. The number of ether oxygens (including phenoxy) is 1. The molecule has 7 heteroatoms. The van der Waals surface area contributed by atoms with Crippen molar-refractivity contribution in [2.75, 3.05) is 18.2 Å². The Balaban J connectivity index is 1.54. The number of thiophene rings is 1. The van der Waals surface area contributed by atoms with Gasteiger partial charge >= 0.3 is 5.97 Å². The highest BCUT2D eigenvalue weighted by atomic mass is 32.2. The fourth-order valence-corrected chi connectivity index (χ4v) is 4.94. The highest BCUT2D eigenvalue weighted by molar-refractivity contribution is 7.99.